The van der Waals surface area contributed by atoms with Crippen LogP contribution in [0.4, 0.5) is 53.5 Å². The van der Waals surface area contributed by atoms with E-state index in [4.69, 9.17) is 50.7 Å². The summed E-state index contributed by atoms with van der Waals surface area (Å²) in [6.07, 6.45) is 11.3. The summed E-state index contributed by atoms with van der Waals surface area (Å²) in [6.45, 7) is 5.63. The Morgan fingerprint density at radius 3 is 1.60 bits per heavy atom. The third kappa shape index (κ3) is 17.0. The van der Waals surface area contributed by atoms with E-state index in [0.717, 1.165) is 104 Å². The lowest BCUT2D eigenvalue weighted by Gasteiger charge is -2.32. The number of halogens is 6. The highest BCUT2D eigenvalue weighted by Crippen LogP contribution is 2.30. The van der Waals surface area contributed by atoms with Crippen LogP contribution in [0.5, 0.6) is 0 Å². The fourth-order valence-electron chi connectivity index (χ4n) is 8.24. The zero-order valence-electron chi connectivity index (χ0n) is 39.4. The number of nitrogens with one attached hydrogen (secondary N) is 4. The molecule has 0 unspecified atom stereocenters. The van der Waals surface area contributed by atoms with Crippen molar-refractivity contribution in [1.29, 1.82) is 0 Å². The van der Waals surface area contributed by atoms with E-state index in [1.54, 1.807) is 6.07 Å². The molecule has 388 valence electrons. The van der Waals surface area contributed by atoms with Crippen molar-refractivity contribution in [2.45, 2.75) is 64.2 Å². The lowest BCUT2D eigenvalue weighted by atomic mass is 9.98. The first-order chi connectivity index (χ1) is 34.7. The number of hydrogen-bond acceptors (Lipinski definition) is 16. The number of aryl methyl sites for hydroxylation is 2. The molecule has 0 spiro atoms. The topological polar surface area (TPSA) is 253 Å². The molecule has 3 saturated heterocycles. The Balaban J connectivity index is 0.000000160. The minimum atomic E-state index is -0.666. The molecule has 8 heterocycles. The molecule has 0 atom stereocenters. The first-order valence-corrected chi connectivity index (χ1v) is 24.8. The van der Waals surface area contributed by atoms with Gasteiger partial charge in [0.25, 0.3) is 0 Å². The van der Waals surface area contributed by atoms with E-state index in [0.29, 0.717) is 69.8 Å². The molecule has 5 aliphatic rings. The van der Waals surface area contributed by atoms with Crippen molar-refractivity contribution in [1.82, 2.24) is 35.2 Å². The Kier molecular flexibility index (Phi) is 21.6. The van der Waals surface area contributed by atoms with E-state index in [9.17, 15) is 27.9 Å². The Bertz CT molecular complexity index is 2570. The number of piperidine rings is 3. The lowest BCUT2D eigenvalue weighted by molar-refractivity contribution is -0.117. The summed E-state index contributed by atoms with van der Waals surface area (Å²) < 4.78 is 39.9. The number of aromatic nitrogens is 6. The highest BCUT2D eigenvalue weighted by atomic mass is 35.5. The predicted molar refractivity (Wildman–Crippen MR) is 272 cm³/mol. The minimum Gasteiger partial charge on any atom is -0.399 e. The molecular weight excluding hydrogens is 1000 g/mol. The summed E-state index contributed by atoms with van der Waals surface area (Å²) in [7, 11) is 0. The molecule has 24 heteroatoms. The highest BCUT2D eigenvalue weighted by Gasteiger charge is 2.24. The van der Waals surface area contributed by atoms with Crippen molar-refractivity contribution in [3.05, 3.63) is 99.3 Å². The van der Waals surface area contributed by atoms with Gasteiger partial charge in [0.2, 0.25) is 28.3 Å². The average molecular weight is 1060 g/mol. The molecule has 18 nitrogen and oxygen atoms in total. The van der Waals surface area contributed by atoms with Crippen LogP contribution in [0.2, 0.25) is 15.7 Å². The number of benzene rings is 2. The maximum absolute atomic E-state index is 14.2. The predicted octanol–water partition coefficient (Wildman–Crippen LogP) is 6.98. The van der Waals surface area contributed by atoms with Gasteiger partial charge in [-0.15, -0.1) is 0 Å². The maximum atomic E-state index is 14.2. The fourth-order valence-corrected chi connectivity index (χ4v) is 8.67. The monoisotopic (exact) mass is 1060 g/mol. The summed E-state index contributed by atoms with van der Waals surface area (Å²) in [5.41, 5.74) is 11.1. The van der Waals surface area contributed by atoms with Crippen LogP contribution in [-0.2, 0) is 22.4 Å². The van der Waals surface area contributed by atoms with Gasteiger partial charge in [0.15, 0.2) is 34.2 Å². The van der Waals surface area contributed by atoms with E-state index >= 15 is 0 Å². The number of rotatable bonds is 7. The number of hydrogen-bond donors (Lipinski definition) is 8. The van der Waals surface area contributed by atoms with E-state index < -0.39 is 17.5 Å². The number of nitrogens with two attached hydrogens (primary N) is 1. The second-order valence-electron chi connectivity index (χ2n) is 17.6. The van der Waals surface area contributed by atoms with Crippen molar-refractivity contribution < 1.29 is 38.1 Å². The van der Waals surface area contributed by atoms with Crippen LogP contribution >= 0.6 is 34.8 Å². The molecule has 0 radical (unpaired) electrons. The number of nitrogens with zero attached hydrogens (tertiary/aromatic N) is 8. The molecule has 2 amide bonds. The van der Waals surface area contributed by atoms with Crippen LogP contribution in [0.25, 0.3) is 0 Å². The molecule has 9 N–H and O–H groups in total. The molecule has 5 aliphatic heterocycles. The van der Waals surface area contributed by atoms with Gasteiger partial charge >= 0.3 is 0 Å². The molecule has 0 saturated carbocycles. The maximum Gasteiger partial charge on any atom is 0.229 e. The summed E-state index contributed by atoms with van der Waals surface area (Å²) in [5.74, 6) is 0.601. The molecule has 3 aromatic heterocycles. The third-order valence-electron chi connectivity index (χ3n) is 12.4. The van der Waals surface area contributed by atoms with E-state index in [1.165, 1.54) is 6.20 Å². The van der Waals surface area contributed by atoms with Crippen molar-refractivity contribution in [3.8, 4) is 0 Å². The Hall–Kier alpha value is -5.68. The molecule has 0 bridgehead atoms. The first kappa shape index (κ1) is 55.6. The van der Waals surface area contributed by atoms with Gasteiger partial charge in [-0.05, 0) is 153 Å². The van der Waals surface area contributed by atoms with Crippen molar-refractivity contribution in [2.24, 2.45) is 17.8 Å². The SMILES string of the molecule is Fc1cnc(Cl)nc1Cl.Nc1ccc2c(c1)CCC(=O)N2.O=C1CCc2cc(Nc3ncc(F)c(N4CCC(CO)CC4)n3)ccc2N1.OCC1CCN(c2nc(Cl)ncc2F)CC1.OCC1CCNCC1. The Morgan fingerprint density at radius 1 is 0.611 bits per heavy atom. The van der Waals surface area contributed by atoms with Gasteiger partial charge in [-0.25, -0.2) is 33.1 Å². The zero-order valence-corrected chi connectivity index (χ0v) is 41.7. The third-order valence-corrected chi connectivity index (χ3v) is 13.1. The number of carbonyl (C=O) groups is 2. The molecular formula is C48H59Cl3F3N13O5. The zero-order chi connectivity index (χ0) is 51.6. The summed E-state index contributed by atoms with van der Waals surface area (Å²) in [6, 6.07) is 11.2. The molecule has 0 aliphatic carbocycles. The number of carbonyl (C=O) groups excluding carboxylic acids is 2. The molecule has 5 aromatic rings. The first-order valence-electron chi connectivity index (χ1n) is 23.7. The lowest BCUT2D eigenvalue weighted by Crippen LogP contribution is -2.36. The second-order valence-corrected chi connectivity index (χ2v) is 18.6. The number of amides is 2. The van der Waals surface area contributed by atoms with Crippen molar-refractivity contribution in [3.63, 3.8) is 0 Å². The van der Waals surface area contributed by atoms with Gasteiger partial charge in [-0.2, -0.15) is 9.97 Å². The smallest absolute Gasteiger partial charge is 0.229 e. The van der Waals surface area contributed by atoms with E-state index in [-0.39, 0.29) is 58.3 Å². The van der Waals surface area contributed by atoms with E-state index in [1.807, 2.05) is 40.1 Å². The Morgan fingerprint density at radius 2 is 1.08 bits per heavy atom. The molecule has 72 heavy (non-hydrogen) atoms. The summed E-state index contributed by atoms with van der Waals surface area (Å²) in [5, 5.41) is 38.7. The van der Waals surface area contributed by atoms with E-state index in [2.05, 4.69) is 51.2 Å². The van der Waals surface area contributed by atoms with Gasteiger partial charge in [-0.1, -0.05) is 11.6 Å². The number of anilines is 7. The second kappa shape index (κ2) is 28.0. The minimum absolute atomic E-state index is 0.0275. The van der Waals surface area contributed by atoms with Gasteiger partial charge < -0.3 is 52.1 Å². The Labute approximate surface area is 430 Å². The van der Waals surface area contributed by atoms with Gasteiger partial charge in [0.1, 0.15) is 0 Å². The molecule has 3 fully saturated rings. The molecule has 10 rings (SSSR count). The highest BCUT2D eigenvalue weighted by molar-refractivity contribution is 6.31. The number of fused-ring (bicyclic) bond motifs is 2. The number of nitrogen functional groups attached to an aromatic ring is 1. The average Bonchev–Trinajstić information content (AvgIpc) is 3.40. The van der Waals surface area contributed by atoms with Crippen LogP contribution in [0.15, 0.2) is 55.0 Å². The van der Waals surface area contributed by atoms with Crippen LogP contribution in [0.3, 0.4) is 0 Å². The molecule has 2 aromatic carbocycles. The van der Waals surface area contributed by atoms with Crippen molar-refractivity contribution in [2.75, 3.05) is 90.6 Å². The number of aliphatic hydroxyl groups is 3. The summed E-state index contributed by atoms with van der Waals surface area (Å²) in [4.78, 5) is 48.7. The fraction of sp³-hybridized carbons (Fsp3) is 0.458. The normalized spacial score (nSPS) is 16.8. The largest absolute Gasteiger partial charge is 0.399 e. The van der Waals surface area contributed by atoms with Gasteiger partial charge in [0, 0.05) is 81.6 Å². The summed E-state index contributed by atoms with van der Waals surface area (Å²) >= 11 is 16.1. The van der Waals surface area contributed by atoms with Crippen LogP contribution < -0.4 is 36.8 Å². The number of aliphatic hydroxyl groups excluding tert-OH is 3. The van der Waals surface area contributed by atoms with Gasteiger partial charge in [-0.3, -0.25) is 9.59 Å². The standard InChI is InChI=1S/C19H22FN5O2.C10H13ClFN3O.C9H10N2O.C6H13NO.C4HCl2FN2/c20-15-10-21-19(24-18(15)25-7-5-12(11-26)6-8-25)22-14-2-3-16-13(9-14)1-4-17(27)23-16;11-10-13-5-8(12)9(14-10)15-3-1-7(6-16)2-4-15;10-7-2-3-8-6(5-7)1-4-9(12)11-8;8-5-6-1-3-7-4-2-6;5-3-2(7)1-8-4(6)9-3/h2-3,9-10,12,26H,1,4-8,11H2,(H,23,27)(H,21,22,24);5,7,16H,1-4,6H2;2-3,5H,1,4,10H2,(H,11,12);6-8H,1-5H2;1H. The van der Waals surface area contributed by atoms with Crippen LogP contribution in [0.1, 0.15) is 62.5 Å². The van der Waals surface area contributed by atoms with Gasteiger partial charge in [0.05, 0.1) is 18.6 Å². The quantitative estimate of drug-likeness (QED) is 0.0465. The van der Waals surface area contributed by atoms with Crippen LogP contribution in [0, 0.1) is 35.2 Å². The van der Waals surface area contributed by atoms with Crippen LogP contribution in [-0.4, -0.2) is 116 Å². The van der Waals surface area contributed by atoms with Crippen molar-refractivity contribution >= 4 is 87.0 Å².